The van der Waals surface area contributed by atoms with Gasteiger partial charge in [-0.1, -0.05) is 6.07 Å². The second-order valence-corrected chi connectivity index (χ2v) is 7.71. The summed E-state index contributed by atoms with van der Waals surface area (Å²) in [5.74, 6) is -0.651. The van der Waals surface area contributed by atoms with E-state index in [2.05, 4.69) is 12.1 Å². The van der Waals surface area contributed by atoms with Crippen LogP contribution in [0.2, 0.25) is 0 Å². The van der Waals surface area contributed by atoms with Crippen LogP contribution >= 0.6 is 0 Å². The van der Waals surface area contributed by atoms with E-state index < -0.39 is 0 Å². The molecular formula is C20H25N3O3. The number of rotatable bonds is 3. The van der Waals surface area contributed by atoms with Crippen LogP contribution in [0.4, 0.5) is 5.69 Å². The Morgan fingerprint density at radius 1 is 1.04 bits per heavy atom. The number of nitrogens with two attached hydrogens (primary N) is 1. The summed E-state index contributed by atoms with van der Waals surface area (Å²) in [7, 11) is 0. The molecule has 0 aromatic heterocycles. The molecule has 1 atom stereocenters. The van der Waals surface area contributed by atoms with Gasteiger partial charge in [-0.15, -0.1) is 0 Å². The second-order valence-electron chi connectivity index (χ2n) is 7.71. The van der Waals surface area contributed by atoms with Crippen LogP contribution < -0.4 is 10.6 Å². The van der Waals surface area contributed by atoms with E-state index in [1.165, 1.54) is 17.5 Å². The Balaban J connectivity index is 1.41. The average Bonchev–Trinajstić information content (AvgIpc) is 3.26. The van der Waals surface area contributed by atoms with Crippen molar-refractivity contribution in [3.8, 4) is 0 Å². The van der Waals surface area contributed by atoms with Gasteiger partial charge in [0.15, 0.2) is 0 Å². The molecule has 2 aliphatic heterocycles. The zero-order valence-corrected chi connectivity index (χ0v) is 14.9. The van der Waals surface area contributed by atoms with E-state index in [0.717, 1.165) is 18.5 Å². The number of benzene rings is 1. The fourth-order valence-corrected chi connectivity index (χ4v) is 4.49. The molecule has 1 aromatic carbocycles. The van der Waals surface area contributed by atoms with E-state index in [0.29, 0.717) is 32.5 Å². The Hall–Kier alpha value is -2.37. The highest BCUT2D eigenvalue weighted by Crippen LogP contribution is 2.31. The standard InChI is InChI=1S/C20H25N3O3/c21-19(25)14-6-8-22(9-7-14)20(26)16-11-18(24)23(12-16)17-5-4-13-2-1-3-15(13)10-17/h4-5,10,14,16H,1-3,6-9,11-12H2,(H2,21,25)/t16-/m0/s1. The number of hydrogen-bond acceptors (Lipinski definition) is 3. The first kappa shape index (κ1) is 17.1. The van der Waals surface area contributed by atoms with Crippen molar-refractivity contribution < 1.29 is 14.4 Å². The van der Waals surface area contributed by atoms with Crippen molar-refractivity contribution in [2.45, 2.75) is 38.5 Å². The number of fused-ring (bicyclic) bond motifs is 1. The summed E-state index contributed by atoms with van der Waals surface area (Å²) in [5.41, 5.74) is 8.98. The quantitative estimate of drug-likeness (QED) is 0.886. The predicted molar refractivity (Wildman–Crippen MR) is 97.4 cm³/mol. The number of carbonyl (C=O) groups is 3. The minimum Gasteiger partial charge on any atom is -0.369 e. The molecule has 2 saturated heterocycles. The van der Waals surface area contributed by atoms with Gasteiger partial charge in [0.2, 0.25) is 17.7 Å². The van der Waals surface area contributed by atoms with Gasteiger partial charge in [0.1, 0.15) is 0 Å². The summed E-state index contributed by atoms with van der Waals surface area (Å²) in [5, 5.41) is 0. The summed E-state index contributed by atoms with van der Waals surface area (Å²) in [6.45, 7) is 1.55. The van der Waals surface area contributed by atoms with Crippen molar-refractivity contribution in [1.29, 1.82) is 0 Å². The molecule has 4 rings (SSSR count). The van der Waals surface area contributed by atoms with Crippen molar-refractivity contribution in [2.75, 3.05) is 24.5 Å². The molecule has 138 valence electrons. The maximum Gasteiger partial charge on any atom is 0.228 e. The summed E-state index contributed by atoms with van der Waals surface area (Å²) in [6.07, 6.45) is 4.88. The van der Waals surface area contributed by atoms with Crippen molar-refractivity contribution in [2.24, 2.45) is 17.6 Å². The molecule has 2 fully saturated rings. The Morgan fingerprint density at radius 2 is 1.77 bits per heavy atom. The van der Waals surface area contributed by atoms with Crippen LogP contribution in [-0.2, 0) is 27.2 Å². The molecule has 26 heavy (non-hydrogen) atoms. The van der Waals surface area contributed by atoms with Crippen LogP contribution in [0.3, 0.4) is 0 Å². The molecular weight excluding hydrogens is 330 g/mol. The van der Waals surface area contributed by atoms with E-state index in [4.69, 9.17) is 5.73 Å². The van der Waals surface area contributed by atoms with Crippen LogP contribution in [0, 0.1) is 11.8 Å². The van der Waals surface area contributed by atoms with Gasteiger partial charge < -0.3 is 15.5 Å². The van der Waals surface area contributed by atoms with E-state index in [-0.39, 0.29) is 36.0 Å². The summed E-state index contributed by atoms with van der Waals surface area (Å²) in [4.78, 5) is 40.2. The van der Waals surface area contributed by atoms with E-state index in [1.54, 1.807) is 9.80 Å². The lowest BCUT2D eigenvalue weighted by atomic mass is 9.95. The lowest BCUT2D eigenvalue weighted by Crippen LogP contribution is -2.44. The molecule has 3 aliphatic rings. The highest BCUT2D eigenvalue weighted by Gasteiger charge is 2.38. The van der Waals surface area contributed by atoms with Gasteiger partial charge in [-0.3, -0.25) is 14.4 Å². The van der Waals surface area contributed by atoms with Crippen LogP contribution in [0.5, 0.6) is 0 Å². The number of piperidine rings is 1. The molecule has 3 amide bonds. The Morgan fingerprint density at radius 3 is 2.50 bits per heavy atom. The Bertz CT molecular complexity index is 753. The van der Waals surface area contributed by atoms with Gasteiger partial charge in [-0.05, 0) is 55.4 Å². The molecule has 0 unspecified atom stereocenters. The minimum atomic E-state index is -0.291. The van der Waals surface area contributed by atoms with Gasteiger partial charge in [0, 0.05) is 37.7 Å². The van der Waals surface area contributed by atoms with Crippen molar-refractivity contribution >= 4 is 23.4 Å². The first-order chi connectivity index (χ1) is 12.5. The van der Waals surface area contributed by atoms with E-state index in [1.807, 2.05) is 6.07 Å². The maximum atomic E-state index is 12.8. The average molecular weight is 355 g/mol. The zero-order valence-electron chi connectivity index (χ0n) is 14.9. The lowest BCUT2D eigenvalue weighted by Gasteiger charge is -2.32. The topological polar surface area (TPSA) is 83.7 Å². The molecule has 0 radical (unpaired) electrons. The molecule has 0 spiro atoms. The molecule has 6 nitrogen and oxygen atoms in total. The number of carbonyl (C=O) groups excluding carboxylic acids is 3. The fraction of sp³-hybridized carbons (Fsp3) is 0.550. The molecule has 0 bridgehead atoms. The number of likely N-dealkylation sites (tertiary alicyclic amines) is 1. The van der Waals surface area contributed by atoms with Crippen LogP contribution in [-0.4, -0.2) is 42.3 Å². The summed E-state index contributed by atoms with van der Waals surface area (Å²) >= 11 is 0. The lowest BCUT2D eigenvalue weighted by molar-refractivity contribution is -0.138. The fourth-order valence-electron chi connectivity index (χ4n) is 4.49. The monoisotopic (exact) mass is 355 g/mol. The first-order valence-corrected chi connectivity index (χ1v) is 9.53. The summed E-state index contributed by atoms with van der Waals surface area (Å²) < 4.78 is 0. The molecule has 2 N–H and O–H groups in total. The molecule has 6 heteroatoms. The van der Waals surface area contributed by atoms with Crippen LogP contribution in [0.15, 0.2) is 18.2 Å². The third-order valence-electron chi connectivity index (χ3n) is 6.08. The van der Waals surface area contributed by atoms with Crippen molar-refractivity contribution in [3.05, 3.63) is 29.3 Å². The number of anilines is 1. The molecule has 2 heterocycles. The number of nitrogens with zero attached hydrogens (tertiary/aromatic N) is 2. The van der Waals surface area contributed by atoms with Crippen molar-refractivity contribution in [3.63, 3.8) is 0 Å². The maximum absolute atomic E-state index is 12.8. The number of hydrogen-bond donors (Lipinski definition) is 1. The van der Waals surface area contributed by atoms with Gasteiger partial charge >= 0.3 is 0 Å². The SMILES string of the molecule is NC(=O)C1CCN(C(=O)[C@H]2CC(=O)N(c3ccc4c(c3)CCC4)C2)CC1. The van der Waals surface area contributed by atoms with Gasteiger partial charge in [0.05, 0.1) is 5.92 Å². The Kier molecular flexibility index (Phi) is 4.42. The normalized spacial score (nSPS) is 23.4. The second kappa shape index (κ2) is 6.74. The van der Waals surface area contributed by atoms with Gasteiger partial charge in [0.25, 0.3) is 0 Å². The first-order valence-electron chi connectivity index (χ1n) is 9.53. The smallest absolute Gasteiger partial charge is 0.228 e. The minimum absolute atomic E-state index is 0.0216. The molecule has 1 aromatic rings. The highest BCUT2D eigenvalue weighted by atomic mass is 16.2. The molecule has 0 saturated carbocycles. The van der Waals surface area contributed by atoms with Gasteiger partial charge in [-0.25, -0.2) is 0 Å². The number of aryl methyl sites for hydroxylation is 2. The van der Waals surface area contributed by atoms with E-state index >= 15 is 0 Å². The predicted octanol–water partition coefficient (Wildman–Crippen LogP) is 1.25. The largest absolute Gasteiger partial charge is 0.369 e. The van der Waals surface area contributed by atoms with Crippen molar-refractivity contribution in [1.82, 2.24) is 4.90 Å². The van der Waals surface area contributed by atoms with Gasteiger partial charge in [-0.2, -0.15) is 0 Å². The number of primary amides is 1. The number of amides is 3. The Labute approximate surface area is 153 Å². The third kappa shape index (κ3) is 3.08. The third-order valence-corrected chi connectivity index (χ3v) is 6.08. The van der Waals surface area contributed by atoms with E-state index in [9.17, 15) is 14.4 Å². The molecule has 1 aliphatic carbocycles. The zero-order chi connectivity index (χ0) is 18.3. The summed E-state index contributed by atoms with van der Waals surface area (Å²) in [6, 6.07) is 6.24. The highest BCUT2D eigenvalue weighted by molar-refractivity contribution is 6.00. The van der Waals surface area contributed by atoms with Crippen LogP contribution in [0.1, 0.15) is 36.8 Å². The van der Waals surface area contributed by atoms with Crippen LogP contribution in [0.25, 0.3) is 0 Å².